The molecule has 1 aromatic heterocycles. The van der Waals surface area contributed by atoms with Gasteiger partial charge in [-0.3, -0.25) is 4.98 Å². The van der Waals surface area contributed by atoms with E-state index >= 15 is 0 Å². The van der Waals surface area contributed by atoms with Gasteiger partial charge in [-0.05, 0) is 19.1 Å². The fourth-order valence-electron chi connectivity index (χ4n) is 1.12. The Hall–Kier alpha value is -1.22. The smallest absolute Gasteiger partial charge is 0.144 e. The molecule has 0 spiro atoms. The first-order chi connectivity index (χ1) is 6.18. The molecule has 4 heteroatoms. The number of rotatable bonds is 0. The minimum absolute atomic E-state index is 0.0324. The lowest BCUT2D eigenvalue weighted by molar-refractivity contribution is 0.629. The first-order valence-electron chi connectivity index (χ1n) is 3.76. The molecule has 2 rings (SSSR count). The van der Waals surface area contributed by atoms with Crippen LogP contribution in [0.4, 0.5) is 4.39 Å². The summed E-state index contributed by atoms with van der Waals surface area (Å²) in [7, 11) is 0. The Morgan fingerprint density at radius 2 is 2.15 bits per heavy atom. The predicted octanol–water partition coefficient (Wildman–Crippen LogP) is 2.73. The third-order valence-electron chi connectivity index (χ3n) is 1.73. The van der Waals surface area contributed by atoms with Crippen LogP contribution in [0.3, 0.4) is 0 Å². The molecule has 1 heterocycles. The van der Waals surface area contributed by atoms with E-state index in [9.17, 15) is 4.39 Å². The first kappa shape index (κ1) is 8.38. The van der Waals surface area contributed by atoms with Crippen LogP contribution < -0.4 is 0 Å². The molecular weight excluding hydrogens is 191 g/mol. The maximum Gasteiger partial charge on any atom is 0.144 e. The van der Waals surface area contributed by atoms with Gasteiger partial charge in [-0.1, -0.05) is 11.6 Å². The average Bonchev–Trinajstić information content (AvgIpc) is 2.12. The molecule has 66 valence electrons. The number of fused-ring (bicyclic) bond motifs is 1. The van der Waals surface area contributed by atoms with Gasteiger partial charge in [-0.2, -0.15) is 0 Å². The van der Waals surface area contributed by atoms with Gasteiger partial charge in [0.2, 0.25) is 0 Å². The maximum absolute atomic E-state index is 12.9. The van der Waals surface area contributed by atoms with Crippen LogP contribution >= 0.6 is 11.6 Å². The van der Waals surface area contributed by atoms with Crippen molar-refractivity contribution in [3.05, 3.63) is 34.9 Å². The van der Waals surface area contributed by atoms with Crippen molar-refractivity contribution < 1.29 is 4.39 Å². The van der Waals surface area contributed by atoms with E-state index in [0.717, 1.165) is 5.69 Å². The van der Waals surface area contributed by atoms with Crippen molar-refractivity contribution in [3.8, 4) is 0 Å². The lowest BCUT2D eigenvalue weighted by atomic mass is 10.3. The van der Waals surface area contributed by atoms with Crippen LogP contribution in [0.15, 0.2) is 18.3 Å². The van der Waals surface area contributed by atoms with Gasteiger partial charge in [0.15, 0.2) is 0 Å². The summed E-state index contributed by atoms with van der Waals surface area (Å²) in [4.78, 5) is 8.17. The Kier molecular flexibility index (Phi) is 1.88. The number of aromatic nitrogens is 2. The van der Waals surface area contributed by atoms with Gasteiger partial charge < -0.3 is 0 Å². The molecule has 0 aliphatic carbocycles. The molecule has 0 aliphatic heterocycles. The van der Waals surface area contributed by atoms with E-state index in [1.807, 2.05) is 6.92 Å². The third kappa shape index (κ3) is 1.35. The summed E-state index contributed by atoms with van der Waals surface area (Å²) in [5.41, 5.74) is 1.81. The van der Waals surface area contributed by atoms with Crippen molar-refractivity contribution in [2.75, 3.05) is 0 Å². The van der Waals surface area contributed by atoms with Crippen LogP contribution in [0.2, 0.25) is 5.02 Å². The van der Waals surface area contributed by atoms with E-state index in [1.165, 1.54) is 6.07 Å². The van der Waals surface area contributed by atoms with Crippen LogP contribution in [-0.2, 0) is 0 Å². The summed E-state index contributed by atoms with van der Waals surface area (Å²) in [6, 6.07) is 2.86. The summed E-state index contributed by atoms with van der Waals surface area (Å²) in [6.07, 6.45) is 1.56. The predicted molar refractivity (Wildman–Crippen MR) is 49.2 cm³/mol. The topological polar surface area (TPSA) is 25.8 Å². The fourth-order valence-corrected chi connectivity index (χ4v) is 1.33. The molecule has 2 nitrogen and oxygen atoms in total. The van der Waals surface area contributed by atoms with Crippen LogP contribution in [0.25, 0.3) is 11.0 Å². The molecular formula is C9H6ClFN2. The molecule has 0 saturated heterocycles. The van der Waals surface area contributed by atoms with Crippen molar-refractivity contribution in [2.45, 2.75) is 6.92 Å². The number of nitrogens with zero attached hydrogens (tertiary/aromatic N) is 2. The molecule has 2 aromatic rings. The number of hydrogen-bond donors (Lipinski definition) is 0. The minimum atomic E-state index is -0.465. The van der Waals surface area contributed by atoms with Gasteiger partial charge >= 0.3 is 0 Å². The first-order valence-corrected chi connectivity index (χ1v) is 4.13. The van der Waals surface area contributed by atoms with E-state index < -0.39 is 5.82 Å². The van der Waals surface area contributed by atoms with E-state index in [1.54, 1.807) is 12.3 Å². The highest BCUT2D eigenvalue weighted by molar-refractivity contribution is 6.35. The van der Waals surface area contributed by atoms with Crippen molar-refractivity contribution in [1.82, 2.24) is 9.97 Å². The second-order valence-electron chi connectivity index (χ2n) is 2.74. The zero-order valence-corrected chi connectivity index (χ0v) is 7.64. The van der Waals surface area contributed by atoms with E-state index in [-0.39, 0.29) is 5.02 Å². The fraction of sp³-hybridized carbons (Fsp3) is 0.111. The Balaban J connectivity index is 2.87. The lowest BCUT2D eigenvalue weighted by Crippen LogP contribution is -1.89. The standard InChI is InChI=1S/C9H6ClFN2/c1-5-4-12-9-7(13-5)3-2-6(11)8(9)10/h2-4H,1H3. The minimum Gasteiger partial charge on any atom is -0.251 e. The van der Waals surface area contributed by atoms with Crippen molar-refractivity contribution in [3.63, 3.8) is 0 Å². The SMILES string of the molecule is Cc1cnc2c(Cl)c(F)ccc2n1. The van der Waals surface area contributed by atoms with Gasteiger partial charge in [-0.15, -0.1) is 0 Å². The van der Waals surface area contributed by atoms with Gasteiger partial charge in [0.25, 0.3) is 0 Å². The van der Waals surface area contributed by atoms with Crippen LogP contribution in [0.5, 0.6) is 0 Å². The molecule has 0 N–H and O–H groups in total. The van der Waals surface area contributed by atoms with Gasteiger partial charge in [0.1, 0.15) is 16.4 Å². The van der Waals surface area contributed by atoms with Crippen LogP contribution in [0, 0.1) is 12.7 Å². The van der Waals surface area contributed by atoms with Crippen LogP contribution in [0.1, 0.15) is 5.69 Å². The number of benzene rings is 1. The second-order valence-corrected chi connectivity index (χ2v) is 3.12. The third-order valence-corrected chi connectivity index (χ3v) is 2.08. The zero-order chi connectivity index (χ0) is 9.42. The Morgan fingerprint density at radius 3 is 2.92 bits per heavy atom. The van der Waals surface area contributed by atoms with Gasteiger partial charge in [0, 0.05) is 6.20 Å². The van der Waals surface area contributed by atoms with E-state index in [2.05, 4.69) is 9.97 Å². The maximum atomic E-state index is 12.9. The summed E-state index contributed by atoms with van der Waals surface area (Å²) in [5, 5.41) is 0.0324. The molecule has 0 saturated carbocycles. The van der Waals surface area contributed by atoms with Crippen molar-refractivity contribution >= 4 is 22.6 Å². The lowest BCUT2D eigenvalue weighted by Gasteiger charge is -2.00. The highest BCUT2D eigenvalue weighted by atomic mass is 35.5. The van der Waals surface area contributed by atoms with Gasteiger partial charge in [-0.25, -0.2) is 9.37 Å². The zero-order valence-electron chi connectivity index (χ0n) is 6.88. The normalized spacial score (nSPS) is 10.7. The number of halogens is 2. The van der Waals surface area contributed by atoms with Crippen molar-refractivity contribution in [1.29, 1.82) is 0 Å². The summed E-state index contributed by atoms with van der Waals surface area (Å²) in [6.45, 7) is 1.82. The molecule has 0 unspecified atom stereocenters. The Bertz CT molecular complexity index is 470. The molecule has 0 aliphatic rings. The monoisotopic (exact) mass is 196 g/mol. The number of hydrogen-bond acceptors (Lipinski definition) is 2. The van der Waals surface area contributed by atoms with Crippen LogP contribution in [-0.4, -0.2) is 9.97 Å². The van der Waals surface area contributed by atoms with E-state index in [0.29, 0.717) is 11.0 Å². The van der Waals surface area contributed by atoms with E-state index in [4.69, 9.17) is 11.6 Å². The Morgan fingerprint density at radius 1 is 1.38 bits per heavy atom. The number of aryl methyl sites for hydroxylation is 1. The molecule has 13 heavy (non-hydrogen) atoms. The quantitative estimate of drug-likeness (QED) is 0.648. The molecule has 0 bridgehead atoms. The molecule has 0 fully saturated rings. The highest BCUT2D eigenvalue weighted by Gasteiger charge is 2.06. The highest BCUT2D eigenvalue weighted by Crippen LogP contribution is 2.22. The van der Waals surface area contributed by atoms with Crippen molar-refractivity contribution in [2.24, 2.45) is 0 Å². The molecule has 0 atom stereocenters. The largest absolute Gasteiger partial charge is 0.251 e. The summed E-state index contributed by atoms with van der Waals surface area (Å²) in [5.74, 6) is -0.465. The molecule has 1 aromatic carbocycles. The molecule has 0 radical (unpaired) electrons. The Labute approximate surface area is 79.4 Å². The summed E-state index contributed by atoms with van der Waals surface area (Å²) < 4.78 is 12.9. The van der Waals surface area contributed by atoms with Gasteiger partial charge in [0.05, 0.1) is 11.2 Å². The summed E-state index contributed by atoms with van der Waals surface area (Å²) >= 11 is 5.70. The molecule has 0 amide bonds. The second kappa shape index (κ2) is 2.92. The average molecular weight is 197 g/mol.